The molecular formula is CBrF2N3O4. The average Bonchev–Trinajstić information content (AvgIpc) is 1.84. The molecule has 0 fully saturated rings. The lowest BCUT2D eigenvalue weighted by Gasteiger charge is -2.07. The van der Waals surface area contributed by atoms with E-state index < -0.39 is 19.9 Å². The highest BCUT2D eigenvalue weighted by Gasteiger charge is 2.63. The van der Waals surface area contributed by atoms with Crippen molar-refractivity contribution in [1.29, 1.82) is 0 Å². The summed E-state index contributed by atoms with van der Waals surface area (Å²) >= 11 is 1.66. The first-order valence-corrected chi connectivity index (χ1v) is 2.72. The van der Waals surface area contributed by atoms with Crippen LogP contribution >= 0.6 is 15.9 Å². The van der Waals surface area contributed by atoms with Crippen molar-refractivity contribution in [3.05, 3.63) is 20.2 Å². The number of alkyl halides is 1. The van der Waals surface area contributed by atoms with Gasteiger partial charge in [0.25, 0.3) is 0 Å². The Morgan fingerprint density at radius 1 is 1.27 bits per heavy atom. The van der Waals surface area contributed by atoms with Crippen molar-refractivity contribution in [2.45, 2.75) is 4.70 Å². The zero-order chi connectivity index (χ0) is 9.23. The molecule has 0 aliphatic rings. The van der Waals surface area contributed by atoms with Crippen LogP contribution in [0.1, 0.15) is 0 Å². The topological polar surface area (TPSA) is 89.5 Å². The fourth-order valence-corrected chi connectivity index (χ4v) is 0.190. The summed E-state index contributed by atoms with van der Waals surface area (Å²) in [7, 11) is 0. The van der Waals surface area contributed by atoms with Crippen LogP contribution in [0.4, 0.5) is 8.96 Å². The zero-order valence-corrected chi connectivity index (χ0v) is 6.19. The maximum absolute atomic E-state index is 11.5. The lowest BCUT2D eigenvalue weighted by Crippen LogP contribution is -2.48. The van der Waals surface area contributed by atoms with E-state index >= 15 is 0 Å². The maximum atomic E-state index is 11.5. The molecule has 0 atom stereocenters. The second-order valence-corrected chi connectivity index (χ2v) is 2.36. The van der Waals surface area contributed by atoms with Gasteiger partial charge in [-0.1, -0.05) is 8.96 Å². The summed E-state index contributed by atoms with van der Waals surface area (Å²) in [5.41, 5.74) is 0. The maximum Gasteiger partial charge on any atom is 0.630 e. The molecule has 0 spiro atoms. The highest BCUT2D eigenvalue weighted by Crippen LogP contribution is 2.25. The summed E-state index contributed by atoms with van der Waals surface area (Å²) in [5, 5.41) is 17.3. The number of halogens is 3. The number of nitrogens with zero attached hydrogens (tertiary/aromatic N) is 3. The smallest absolute Gasteiger partial charge is 0.256 e. The first kappa shape index (κ1) is 10.1. The molecule has 0 saturated heterocycles. The van der Waals surface area contributed by atoms with Crippen LogP contribution in [0.5, 0.6) is 0 Å². The molecule has 0 amide bonds. The van der Waals surface area contributed by atoms with Gasteiger partial charge >= 0.3 is 4.70 Å². The Morgan fingerprint density at radius 2 is 1.55 bits per heavy atom. The van der Waals surface area contributed by atoms with Gasteiger partial charge in [0.05, 0.1) is 0 Å². The van der Waals surface area contributed by atoms with Gasteiger partial charge in [-0.25, -0.2) is 0 Å². The Hall–Kier alpha value is -0.900. The molecule has 0 saturated carbocycles. The molecule has 0 aromatic heterocycles. The highest BCUT2D eigenvalue weighted by atomic mass is 79.9. The molecule has 0 unspecified atom stereocenters. The summed E-state index contributed by atoms with van der Waals surface area (Å²) in [6, 6.07) is 0. The van der Waals surface area contributed by atoms with E-state index in [4.69, 9.17) is 0 Å². The van der Waals surface area contributed by atoms with E-state index in [1.54, 1.807) is 15.9 Å². The monoisotopic (exact) mass is 235 g/mol. The summed E-state index contributed by atoms with van der Waals surface area (Å²) in [6.45, 7) is 0. The van der Waals surface area contributed by atoms with E-state index in [1.807, 2.05) is 0 Å². The number of nitro groups is 2. The van der Waals surface area contributed by atoms with Crippen LogP contribution in [0.25, 0.3) is 0 Å². The van der Waals surface area contributed by atoms with E-state index in [0.29, 0.717) is 0 Å². The third-order valence-corrected chi connectivity index (χ3v) is 1.53. The Balaban J connectivity index is 4.82. The largest absolute Gasteiger partial charge is 0.630 e. The highest BCUT2D eigenvalue weighted by molar-refractivity contribution is 9.09. The minimum atomic E-state index is -3.74. The second kappa shape index (κ2) is 3.00. The SMILES string of the molecule is O=[N+]([O-])C(Br)(N(F)F)[N+](=O)[O-]. The zero-order valence-electron chi connectivity index (χ0n) is 4.61. The van der Waals surface area contributed by atoms with Gasteiger partial charge < -0.3 is 0 Å². The molecule has 0 radical (unpaired) electrons. The lowest BCUT2D eigenvalue weighted by molar-refractivity contribution is -0.808. The summed E-state index contributed by atoms with van der Waals surface area (Å²) in [5.74, 6) is 0. The summed E-state index contributed by atoms with van der Waals surface area (Å²) in [6.07, 6.45) is 0. The Bertz CT molecular complexity index is 182. The molecule has 0 heterocycles. The van der Waals surface area contributed by atoms with Gasteiger partial charge in [0, 0.05) is 0 Å². The molecule has 10 heteroatoms. The molecule has 64 valence electrons. The van der Waals surface area contributed by atoms with E-state index in [2.05, 4.69) is 0 Å². The van der Waals surface area contributed by atoms with E-state index in [9.17, 15) is 29.2 Å². The minimum absolute atomic E-state index is 1.66. The summed E-state index contributed by atoms with van der Waals surface area (Å²) < 4.78 is 19.2. The number of hydrogen-bond acceptors (Lipinski definition) is 5. The third kappa shape index (κ3) is 1.57. The van der Waals surface area contributed by atoms with E-state index in [-0.39, 0.29) is 0 Å². The normalized spacial score (nSPS) is 11.6. The second-order valence-electron chi connectivity index (χ2n) is 1.30. The molecule has 11 heavy (non-hydrogen) atoms. The first-order valence-electron chi connectivity index (χ1n) is 1.93. The Labute approximate surface area is 65.9 Å². The predicted molar refractivity (Wildman–Crippen MR) is 29.7 cm³/mol. The molecule has 0 aliphatic heterocycles. The lowest BCUT2D eigenvalue weighted by atomic mass is 10.9. The van der Waals surface area contributed by atoms with Gasteiger partial charge in [0.15, 0.2) is 5.34 Å². The fraction of sp³-hybridized carbons (Fsp3) is 1.00. The molecule has 0 rings (SSSR count). The summed E-state index contributed by atoms with van der Waals surface area (Å²) in [4.78, 5) is 15.9. The standard InChI is InChI=1S/CBrF2N3O4/c2-1(5(3)4,6(8)9)7(10)11. The quantitative estimate of drug-likeness (QED) is 0.179. The van der Waals surface area contributed by atoms with Crippen LogP contribution in [-0.2, 0) is 0 Å². The van der Waals surface area contributed by atoms with Crippen molar-refractivity contribution in [2.24, 2.45) is 0 Å². The van der Waals surface area contributed by atoms with Gasteiger partial charge in [-0.05, 0) is 0 Å². The van der Waals surface area contributed by atoms with Gasteiger partial charge in [-0.2, -0.15) is 0 Å². The predicted octanol–water partition coefficient (Wildman–Crippen LogP) is 0.617. The van der Waals surface area contributed by atoms with E-state index in [1.165, 1.54) is 0 Å². The van der Waals surface area contributed by atoms with Crippen molar-refractivity contribution >= 4 is 15.9 Å². The van der Waals surface area contributed by atoms with Crippen LogP contribution < -0.4 is 0 Å². The van der Waals surface area contributed by atoms with Crippen molar-refractivity contribution in [3.63, 3.8) is 0 Å². The minimum Gasteiger partial charge on any atom is -0.256 e. The fourth-order valence-electron chi connectivity index (χ4n) is 0.190. The first-order chi connectivity index (χ1) is 4.83. The number of rotatable bonds is 3. The molecule has 0 aliphatic carbocycles. The van der Waals surface area contributed by atoms with E-state index in [0.717, 1.165) is 0 Å². The van der Waals surface area contributed by atoms with Crippen molar-refractivity contribution in [1.82, 2.24) is 5.34 Å². The molecule has 0 N–H and O–H groups in total. The molecule has 0 aromatic carbocycles. The van der Waals surface area contributed by atoms with Crippen LogP contribution in [0.3, 0.4) is 0 Å². The van der Waals surface area contributed by atoms with Crippen molar-refractivity contribution < 1.29 is 18.8 Å². The van der Waals surface area contributed by atoms with Gasteiger partial charge in [0.2, 0.25) is 0 Å². The van der Waals surface area contributed by atoms with Crippen LogP contribution in [0, 0.1) is 20.2 Å². The van der Waals surface area contributed by atoms with Gasteiger partial charge in [0.1, 0.15) is 25.8 Å². The van der Waals surface area contributed by atoms with Gasteiger partial charge in [-0.3, -0.25) is 20.2 Å². The van der Waals surface area contributed by atoms with Crippen LogP contribution in [0.2, 0.25) is 0 Å². The Morgan fingerprint density at radius 3 is 1.55 bits per heavy atom. The van der Waals surface area contributed by atoms with Gasteiger partial charge in [-0.15, -0.1) is 0 Å². The Kier molecular flexibility index (Phi) is 2.76. The molecule has 0 aromatic rings. The average molecular weight is 236 g/mol. The van der Waals surface area contributed by atoms with Crippen LogP contribution in [-0.4, -0.2) is 19.9 Å². The number of hydrogen-bond donors (Lipinski definition) is 0. The van der Waals surface area contributed by atoms with Crippen LogP contribution in [0.15, 0.2) is 0 Å². The van der Waals surface area contributed by atoms with Crippen molar-refractivity contribution in [3.8, 4) is 0 Å². The van der Waals surface area contributed by atoms with Crippen molar-refractivity contribution in [2.75, 3.05) is 0 Å². The third-order valence-electron chi connectivity index (χ3n) is 0.680. The molecule has 7 nitrogen and oxygen atoms in total. The molecular weight excluding hydrogens is 236 g/mol. The molecule has 0 bridgehead atoms.